The van der Waals surface area contributed by atoms with Crippen LogP contribution >= 0.6 is 0 Å². The molecule has 1 aromatic carbocycles. The number of benzene rings is 1. The van der Waals surface area contributed by atoms with E-state index in [0.29, 0.717) is 12.5 Å². The molecular formula is C16H27NO. The van der Waals surface area contributed by atoms with Crippen molar-refractivity contribution in [2.45, 2.75) is 52.5 Å². The van der Waals surface area contributed by atoms with Crippen molar-refractivity contribution in [3.63, 3.8) is 0 Å². The van der Waals surface area contributed by atoms with Crippen LogP contribution in [0.2, 0.25) is 0 Å². The van der Waals surface area contributed by atoms with Crippen LogP contribution in [-0.4, -0.2) is 18.7 Å². The average molecular weight is 249 g/mol. The van der Waals surface area contributed by atoms with Gasteiger partial charge in [0.2, 0.25) is 0 Å². The molecule has 1 N–H and O–H groups in total. The number of rotatable bonds is 6. The van der Waals surface area contributed by atoms with Gasteiger partial charge >= 0.3 is 0 Å². The Morgan fingerprint density at radius 2 is 1.89 bits per heavy atom. The Kier molecular flexibility index (Phi) is 5.67. The van der Waals surface area contributed by atoms with Gasteiger partial charge in [-0.1, -0.05) is 32.0 Å². The molecule has 0 amide bonds. The summed E-state index contributed by atoms with van der Waals surface area (Å²) in [7, 11) is 0. The molecule has 0 saturated heterocycles. The smallest absolute Gasteiger partial charge is 0.122 e. The first-order valence-electron chi connectivity index (χ1n) is 6.91. The van der Waals surface area contributed by atoms with Crippen LogP contribution in [0.25, 0.3) is 0 Å². The number of para-hydroxylation sites is 1. The standard InChI is InChI=1S/C16H27NO/c1-6-13(2)14-9-7-8-10-15(14)18-12-11-17-16(3,4)5/h7-10,13,17H,6,11-12H2,1-5H3. The van der Waals surface area contributed by atoms with Gasteiger partial charge in [0.1, 0.15) is 12.4 Å². The van der Waals surface area contributed by atoms with Crippen molar-refractivity contribution in [2.75, 3.05) is 13.2 Å². The van der Waals surface area contributed by atoms with Gasteiger partial charge in [-0.05, 0) is 44.7 Å². The molecule has 0 heterocycles. The molecule has 1 aromatic rings. The molecule has 102 valence electrons. The summed E-state index contributed by atoms with van der Waals surface area (Å²) < 4.78 is 5.89. The SMILES string of the molecule is CCC(C)c1ccccc1OCCNC(C)(C)C. The van der Waals surface area contributed by atoms with Crippen LogP contribution in [0, 0.1) is 0 Å². The summed E-state index contributed by atoms with van der Waals surface area (Å²) in [5, 5.41) is 3.43. The van der Waals surface area contributed by atoms with Crippen molar-refractivity contribution < 1.29 is 4.74 Å². The maximum absolute atomic E-state index is 5.89. The van der Waals surface area contributed by atoms with E-state index in [4.69, 9.17) is 4.74 Å². The van der Waals surface area contributed by atoms with Crippen LogP contribution in [0.3, 0.4) is 0 Å². The lowest BCUT2D eigenvalue weighted by Gasteiger charge is -2.21. The summed E-state index contributed by atoms with van der Waals surface area (Å²) in [6.45, 7) is 12.5. The predicted molar refractivity (Wildman–Crippen MR) is 78.4 cm³/mol. The molecule has 0 fully saturated rings. The van der Waals surface area contributed by atoms with Crippen LogP contribution < -0.4 is 10.1 Å². The largest absolute Gasteiger partial charge is 0.492 e. The second kappa shape index (κ2) is 6.79. The van der Waals surface area contributed by atoms with Gasteiger partial charge in [-0.3, -0.25) is 0 Å². The van der Waals surface area contributed by atoms with Gasteiger partial charge < -0.3 is 10.1 Å². The molecule has 0 saturated carbocycles. The monoisotopic (exact) mass is 249 g/mol. The molecule has 2 nitrogen and oxygen atoms in total. The number of hydrogen-bond donors (Lipinski definition) is 1. The van der Waals surface area contributed by atoms with Crippen molar-refractivity contribution in [2.24, 2.45) is 0 Å². The summed E-state index contributed by atoms with van der Waals surface area (Å²) in [5.74, 6) is 1.58. The van der Waals surface area contributed by atoms with Crippen LogP contribution in [0.15, 0.2) is 24.3 Å². The Balaban J connectivity index is 2.52. The van der Waals surface area contributed by atoms with E-state index in [-0.39, 0.29) is 5.54 Å². The molecule has 0 aromatic heterocycles. The highest BCUT2D eigenvalue weighted by molar-refractivity contribution is 5.35. The van der Waals surface area contributed by atoms with Gasteiger partial charge in [-0.15, -0.1) is 0 Å². The van der Waals surface area contributed by atoms with E-state index in [9.17, 15) is 0 Å². The zero-order valence-corrected chi connectivity index (χ0v) is 12.4. The van der Waals surface area contributed by atoms with Gasteiger partial charge in [-0.25, -0.2) is 0 Å². The zero-order valence-electron chi connectivity index (χ0n) is 12.4. The molecule has 1 rings (SSSR count). The Bertz CT molecular complexity index is 354. The first kappa shape index (κ1) is 15.0. The normalized spacial score (nSPS) is 13.4. The summed E-state index contributed by atoms with van der Waals surface area (Å²) >= 11 is 0. The van der Waals surface area contributed by atoms with Crippen molar-refractivity contribution in [3.05, 3.63) is 29.8 Å². The lowest BCUT2D eigenvalue weighted by Crippen LogP contribution is -2.38. The fourth-order valence-electron chi connectivity index (χ4n) is 1.83. The number of ether oxygens (including phenoxy) is 1. The fraction of sp³-hybridized carbons (Fsp3) is 0.625. The molecule has 1 atom stereocenters. The van der Waals surface area contributed by atoms with E-state index in [0.717, 1.165) is 18.7 Å². The maximum atomic E-state index is 5.89. The third kappa shape index (κ3) is 5.09. The molecule has 1 unspecified atom stereocenters. The lowest BCUT2D eigenvalue weighted by molar-refractivity contribution is 0.287. The summed E-state index contributed by atoms with van der Waals surface area (Å²) in [6, 6.07) is 8.36. The van der Waals surface area contributed by atoms with Crippen molar-refractivity contribution in [3.8, 4) is 5.75 Å². The molecular weight excluding hydrogens is 222 g/mol. The fourth-order valence-corrected chi connectivity index (χ4v) is 1.83. The molecule has 18 heavy (non-hydrogen) atoms. The molecule has 0 aliphatic heterocycles. The van der Waals surface area contributed by atoms with Gasteiger partial charge in [0.15, 0.2) is 0 Å². The predicted octanol–water partition coefficient (Wildman–Crippen LogP) is 3.97. The van der Waals surface area contributed by atoms with Gasteiger partial charge in [0.05, 0.1) is 0 Å². The van der Waals surface area contributed by atoms with Gasteiger partial charge in [0.25, 0.3) is 0 Å². The van der Waals surface area contributed by atoms with E-state index in [1.807, 2.05) is 6.07 Å². The second-order valence-corrected chi connectivity index (χ2v) is 5.87. The summed E-state index contributed by atoms with van der Waals surface area (Å²) in [5.41, 5.74) is 1.47. The summed E-state index contributed by atoms with van der Waals surface area (Å²) in [6.07, 6.45) is 1.14. The van der Waals surface area contributed by atoms with E-state index < -0.39 is 0 Å². The minimum atomic E-state index is 0.152. The Hall–Kier alpha value is -1.02. The Morgan fingerprint density at radius 1 is 1.22 bits per heavy atom. The van der Waals surface area contributed by atoms with Crippen LogP contribution in [0.4, 0.5) is 0 Å². The van der Waals surface area contributed by atoms with E-state index >= 15 is 0 Å². The number of hydrogen-bond acceptors (Lipinski definition) is 2. The van der Waals surface area contributed by atoms with E-state index in [1.165, 1.54) is 5.56 Å². The van der Waals surface area contributed by atoms with E-state index in [2.05, 4.69) is 58.1 Å². The molecule has 2 heteroatoms. The highest BCUT2D eigenvalue weighted by atomic mass is 16.5. The third-order valence-electron chi connectivity index (χ3n) is 3.08. The quantitative estimate of drug-likeness (QED) is 0.770. The van der Waals surface area contributed by atoms with Crippen molar-refractivity contribution in [1.29, 1.82) is 0 Å². The first-order chi connectivity index (χ1) is 8.44. The lowest BCUT2D eigenvalue weighted by atomic mass is 9.98. The third-order valence-corrected chi connectivity index (χ3v) is 3.08. The topological polar surface area (TPSA) is 21.3 Å². The average Bonchev–Trinajstić information content (AvgIpc) is 2.33. The molecule has 0 aliphatic rings. The highest BCUT2D eigenvalue weighted by Gasteiger charge is 2.10. The Morgan fingerprint density at radius 3 is 2.50 bits per heavy atom. The van der Waals surface area contributed by atoms with Gasteiger partial charge in [0, 0.05) is 12.1 Å². The minimum Gasteiger partial charge on any atom is -0.492 e. The van der Waals surface area contributed by atoms with Crippen LogP contribution in [0.1, 0.15) is 52.5 Å². The summed E-state index contributed by atoms with van der Waals surface area (Å²) in [4.78, 5) is 0. The Labute approximate surface area is 112 Å². The second-order valence-electron chi connectivity index (χ2n) is 5.87. The highest BCUT2D eigenvalue weighted by Crippen LogP contribution is 2.28. The zero-order chi connectivity index (χ0) is 13.6. The van der Waals surface area contributed by atoms with Crippen molar-refractivity contribution in [1.82, 2.24) is 5.32 Å². The van der Waals surface area contributed by atoms with Gasteiger partial charge in [-0.2, -0.15) is 0 Å². The van der Waals surface area contributed by atoms with E-state index in [1.54, 1.807) is 0 Å². The number of nitrogens with one attached hydrogen (secondary N) is 1. The van der Waals surface area contributed by atoms with Crippen molar-refractivity contribution >= 4 is 0 Å². The van der Waals surface area contributed by atoms with Crippen LogP contribution in [-0.2, 0) is 0 Å². The maximum Gasteiger partial charge on any atom is 0.122 e. The molecule has 0 radical (unpaired) electrons. The minimum absolute atomic E-state index is 0.152. The molecule has 0 spiro atoms. The molecule has 0 aliphatic carbocycles. The first-order valence-corrected chi connectivity index (χ1v) is 6.91. The molecule has 0 bridgehead atoms. The van der Waals surface area contributed by atoms with Crippen LogP contribution in [0.5, 0.6) is 5.75 Å².